The third-order valence-corrected chi connectivity index (χ3v) is 13.3. The highest BCUT2D eigenvalue weighted by Crippen LogP contribution is 2.58. The summed E-state index contributed by atoms with van der Waals surface area (Å²) in [4.78, 5) is 15.7. The molecule has 9 aromatic carbocycles. The van der Waals surface area contributed by atoms with E-state index in [1.54, 1.807) is 23.5 Å². The predicted molar refractivity (Wildman–Crippen MR) is 257 cm³/mol. The summed E-state index contributed by atoms with van der Waals surface area (Å²) in [5.74, 6) is 1.34. The van der Waals surface area contributed by atoms with Crippen LogP contribution < -0.4 is 0 Å². The molecule has 0 saturated carbocycles. The molecule has 11 aromatic rings. The molecule has 2 aromatic heterocycles. The van der Waals surface area contributed by atoms with Crippen molar-refractivity contribution in [1.29, 1.82) is 0 Å². The van der Waals surface area contributed by atoms with Crippen LogP contribution in [0.3, 0.4) is 0 Å². The number of hydrogen-bond acceptors (Lipinski definition) is 4. The van der Waals surface area contributed by atoms with Gasteiger partial charge in [0.25, 0.3) is 0 Å². The van der Waals surface area contributed by atoms with Crippen LogP contribution in [0.2, 0.25) is 0 Å². The molecule has 1 aliphatic carbocycles. The third kappa shape index (κ3) is 5.76. The summed E-state index contributed by atoms with van der Waals surface area (Å²) in [6.45, 7) is 0. The van der Waals surface area contributed by atoms with Crippen LogP contribution in [0, 0.1) is 0 Å². The number of nitrogens with zero attached hydrogens (tertiary/aromatic N) is 3. The van der Waals surface area contributed by atoms with Gasteiger partial charge in [-0.2, -0.15) is 0 Å². The van der Waals surface area contributed by atoms with Crippen LogP contribution in [0.4, 0.5) is 0 Å². The maximum atomic E-state index is 8.77. The lowest BCUT2D eigenvalue weighted by Crippen LogP contribution is -2.28. The van der Waals surface area contributed by atoms with E-state index < -0.39 is 23.5 Å². The van der Waals surface area contributed by atoms with E-state index in [0.29, 0.717) is 28.6 Å². The first-order chi connectivity index (χ1) is 32.8. The fourth-order valence-corrected chi connectivity index (χ4v) is 10.7. The van der Waals surface area contributed by atoms with E-state index in [0.717, 1.165) is 50.1 Å². The number of aromatic nitrogens is 3. The molecule has 0 N–H and O–H groups in total. The lowest BCUT2D eigenvalue weighted by atomic mass is 9.67. The molecule has 0 amide bonds. The van der Waals surface area contributed by atoms with Gasteiger partial charge in [-0.15, -0.1) is 11.3 Å². The highest BCUT2D eigenvalue weighted by molar-refractivity contribution is 7.26. The Hall–Kier alpha value is -7.79. The molecule has 0 unspecified atom stereocenters. The summed E-state index contributed by atoms with van der Waals surface area (Å²) in [6, 6.07) is 65.2. The minimum Gasteiger partial charge on any atom is -0.208 e. The first-order valence-corrected chi connectivity index (χ1v) is 21.4. The summed E-state index contributed by atoms with van der Waals surface area (Å²) in [6.07, 6.45) is 0. The van der Waals surface area contributed by atoms with Gasteiger partial charge in [0.2, 0.25) is 0 Å². The normalized spacial score (nSPS) is 13.8. The number of rotatable bonds is 7. The minimum atomic E-state index is -0.630. The Labute approximate surface area is 371 Å². The molecule has 0 atom stereocenters. The van der Waals surface area contributed by atoms with E-state index >= 15 is 0 Å². The van der Waals surface area contributed by atoms with Crippen LogP contribution in [-0.4, -0.2) is 15.0 Å². The van der Waals surface area contributed by atoms with Gasteiger partial charge < -0.3 is 0 Å². The largest absolute Gasteiger partial charge is 0.208 e. The molecule has 62 heavy (non-hydrogen) atoms. The van der Waals surface area contributed by atoms with Crippen molar-refractivity contribution in [1.82, 2.24) is 15.0 Å². The van der Waals surface area contributed by atoms with E-state index in [4.69, 9.17) is 21.8 Å². The van der Waals surface area contributed by atoms with Crippen LogP contribution in [0.15, 0.2) is 224 Å². The van der Waals surface area contributed by atoms with Gasteiger partial charge in [-0.1, -0.05) is 212 Å². The maximum Gasteiger partial charge on any atom is 0.164 e. The second-order valence-corrected chi connectivity index (χ2v) is 16.6. The Balaban J connectivity index is 1.07. The Morgan fingerprint density at radius 1 is 0.387 bits per heavy atom. The first kappa shape index (κ1) is 31.1. The lowest BCUT2D eigenvalue weighted by molar-refractivity contribution is 0.768. The molecule has 290 valence electrons. The highest BCUT2D eigenvalue weighted by atomic mass is 32.1. The Kier molecular flexibility index (Phi) is 7.40. The van der Waals surface area contributed by atoms with Gasteiger partial charge in [0.15, 0.2) is 17.5 Å². The van der Waals surface area contributed by atoms with Crippen molar-refractivity contribution in [2.45, 2.75) is 5.41 Å². The van der Waals surface area contributed by atoms with Gasteiger partial charge in [0, 0.05) is 36.9 Å². The molecule has 0 fully saturated rings. The van der Waals surface area contributed by atoms with Crippen molar-refractivity contribution in [2.75, 3.05) is 0 Å². The molecule has 0 aliphatic heterocycles. The minimum absolute atomic E-state index is 0.113. The van der Waals surface area contributed by atoms with E-state index in [2.05, 4.69) is 170 Å². The molecule has 0 spiro atoms. The van der Waals surface area contributed by atoms with Gasteiger partial charge in [-0.3, -0.25) is 0 Å². The molecule has 12 rings (SSSR count). The topological polar surface area (TPSA) is 38.7 Å². The van der Waals surface area contributed by atoms with Gasteiger partial charge in [0.1, 0.15) is 0 Å². The molecule has 0 bridgehead atoms. The summed E-state index contributed by atoms with van der Waals surface area (Å²) in [5, 5.41) is 2.49. The first-order valence-electron chi connectivity index (χ1n) is 23.1. The SMILES string of the molecule is [2H]c1c([2H])c([2H])c(-c2cccc(-c3nc(-c4ccc(-c5cccc6c5sc5ccccc56)cc4)nc(-c4cccc5c4-c4ccccc4C5(c4ccccc4)c4ccccc4)n3)c2)c([2H])c1[2H]. The molecule has 0 radical (unpaired) electrons. The Morgan fingerprint density at radius 3 is 1.74 bits per heavy atom. The van der Waals surface area contributed by atoms with E-state index in [1.165, 1.54) is 25.7 Å². The lowest BCUT2D eigenvalue weighted by Gasteiger charge is -2.33. The molecule has 3 nitrogen and oxygen atoms in total. The Bertz CT molecular complexity index is 3690. The summed E-state index contributed by atoms with van der Waals surface area (Å²) >= 11 is 1.80. The average molecular weight is 813 g/mol. The van der Waals surface area contributed by atoms with Gasteiger partial charge in [-0.25, -0.2) is 15.0 Å². The summed E-state index contributed by atoms with van der Waals surface area (Å²) in [7, 11) is 0. The average Bonchev–Trinajstić information content (AvgIpc) is 3.92. The highest BCUT2D eigenvalue weighted by Gasteiger charge is 2.47. The molecule has 4 heteroatoms. The van der Waals surface area contributed by atoms with Crippen molar-refractivity contribution >= 4 is 31.5 Å². The van der Waals surface area contributed by atoms with Crippen molar-refractivity contribution in [3.8, 4) is 67.5 Å². The summed E-state index contributed by atoms with van der Waals surface area (Å²) in [5.41, 5.74) is 11.2. The van der Waals surface area contributed by atoms with Crippen LogP contribution >= 0.6 is 11.3 Å². The molecular weight excluding hydrogens is 771 g/mol. The van der Waals surface area contributed by atoms with E-state index in [-0.39, 0.29) is 17.6 Å². The van der Waals surface area contributed by atoms with Crippen LogP contribution in [0.25, 0.3) is 87.7 Å². The standard InChI is InChI=1S/C58H37N3S/c1-4-17-38(18-5-1)41-19-14-20-42(37-41)56-59-55(40-35-33-39(34-36-40)45-27-15-28-47-46-25-11-13-32-52(46)62-54(45)47)60-57(61-56)49-29-16-31-51-53(49)48-26-10-12-30-50(48)58(51,43-21-6-2-7-22-43)44-23-8-3-9-24-44/h1-37H/i1D,4D,5D,17D,18D. The quantitative estimate of drug-likeness (QED) is 0.161. The van der Waals surface area contributed by atoms with Gasteiger partial charge >= 0.3 is 0 Å². The summed E-state index contributed by atoms with van der Waals surface area (Å²) < 4.78 is 45.0. The van der Waals surface area contributed by atoms with Crippen LogP contribution in [0.5, 0.6) is 0 Å². The Morgan fingerprint density at radius 2 is 0.952 bits per heavy atom. The van der Waals surface area contributed by atoms with E-state index in [9.17, 15) is 0 Å². The molecular formula is C58H37N3S. The second-order valence-electron chi connectivity index (χ2n) is 15.5. The number of benzene rings is 9. The number of hydrogen-bond donors (Lipinski definition) is 0. The number of fused-ring (bicyclic) bond motifs is 6. The molecule has 1 aliphatic rings. The smallest absolute Gasteiger partial charge is 0.164 e. The van der Waals surface area contributed by atoms with Crippen LogP contribution in [-0.2, 0) is 5.41 Å². The second kappa shape index (κ2) is 14.7. The number of thiophene rings is 1. The van der Waals surface area contributed by atoms with Crippen molar-refractivity contribution in [3.05, 3.63) is 247 Å². The fraction of sp³-hybridized carbons (Fsp3) is 0.0172. The maximum absolute atomic E-state index is 8.77. The van der Waals surface area contributed by atoms with E-state index in [1.807, 2.05) is 12.1 Å². The van der Waals surface area contributed by atoms with Crippen molar-refractivity contribution in [2.24, 2.45) is 0 Å². The van der Waals surface area contributed by atoms with Crippen LogP contribution in [0.1, 0.15) is 29.1 Å². The zero-order chi connectivity index (χ0) is 45.4. The van der Waals surface area contributed by atoms with Gasteiger partial charge in [-0.05, 0) is 67.8 Å². The predicted octanol–water partition coefficient (Wildman–Crippen LogP) is 14.9. The monoisotopic (exact) mass is 812 g/mol. The fourth-order valence-electron chi connectivity index (χ4n) is 9.42. The zero-order valence-electron chi connectivity index (χ0n) is 38.2. The van der Waals surface area contributed by atoms with Gasteiger partial charge in [0.05, 0.1) is 12.3 Å². The van der Waals surface area contributed by atoms with Crippen molar-refractivity contribution < 1.29 is 6.85 Å². The van der Waals surface area contributed by atoms with Crippen molar-refractivity contribution in [3.63, 3.8) is 0 Å². The zero-order valence-corrected chi connectivity index (χ0v) is 34.0. The molecule has 0 saturated heterocycles. The third-order valence-electron chi connectivity index (χ3n) is 12.1. The molecule has 2 heterocycles.